The van der Waals surface area contributed by atoms with E-state index in [1.807, 2.05) is 10.9 Å². The van der Waals surface area contributed by atoms with Gasteiger partial charge in [0.1, 0.15) is 0 Å². The minimum atomic E-state index is 0.128. The molecule has 0 aliphatic heterocycles. The fourth-order valence-corrected chi connectivity index (χ4v) is 2.08. The van der Waals surface area contributed by atoms with E-state index in [0.717, 1.165) is 32.5 Å². The summed E-state index contributed by atoms with van der Waals surface area (Å²) in [4.78, 5) is 0. The highest BCUT2D eigenvalue weighted by Crippen LogP contribution is 2.25. The zero-order chi connectivity index (χ0) is 13.6. The first-order valence-corrected chi connectivity index (χ1v) is 7.07. The van der Waals surface area contributed by atoms with Gasteiger partial charge in [0.25, 0.3) is 0 Å². The lowest BCUT2D eigenvalue weighted by atomic mass is 9.85. The van der Waals surface area contributed by atoms with E-state index in [9.17, 15) is 0 Å². The van der Waals surface area contributed by atoms with Gasteiger partial charge in [-0.15, -0.1) is 5.10 Å². The summed E-state index contributed by atoms with van der Waals surface area (Å²) in [6.07, 6.45) is 4.12. The minimum absolute atomic E-state index is 0.128. The molecule has 0 amide bonds. The van der Waals surface area contributed by atoms with Crippen molar-refractivity contribution in [1.82, 2.24) is 20.3 Å². The zero-order valence-corrected chi connectivity index (χ0v) is 12.5. The van der Waals surface area contributed by atoms with Crippen molar-refractivity contribution in [2.24, 2.45) is 5.92 Å². The smallest absolute Gasteiger partial charge is 0.0730 e. The Morgan fingerprint density at radius 1 is 1.39 bits per heavy atom. The molecule has 104 valence electrons. The maximum Gasteiger partial charge on any atom is 0.0730 e. The molecule has 0 spiro atoms. The van der Waals surface area contributed by atoms with E-state index >= 15 is 0 Å². The van der Waals surface area contributed by atoms with Crippen LogP contribution in [0.25, 0.3) is 0 Å². The molecule has 4 heteroatoms. The summed E-state index contributed by atoms with van der Waals surface area (Å²) in [5.74, 6) is 0.709. The molecule has 0 fully saturated rings. The van der Waals surface area contributed by atoms with E-state index in [0.29, 0.717) is 5.92 Å². The summed E-state index contributed by atoms with van der Waals surface area (Å²) in [7, 11) is 0. The second kappa shape index (κ2) is 6.88. The Bertz CT molecular complexity index is 341. The molecule has 0 aromatic carbocycles. The molecule has 4 nitrogen and oxygen atoms in total. The number of aryl methyl sites for hydroxylation is 1. The SMILES string of the molecule is CCCn1nncc1C(C)(C)CCNCC(C)C. The van der Waals surface area contributed by atoms with Crippen molar-refractivity contribution >= 4 is 0 Å². The van der Waals surface area contributed by atoms with Gasteiger partial charge in [0.05, 0.1) is 11.9 Å². The Morgan fingerprint density at radius 2 is 2.11 bits per heavy atom. The first-order valence-electron chi connectivity index (χ1n) is 7.07. The third-order valence-corrected chi connectivity index (χ3v) is 3.23. The van der Waals surface area contributed by atoms with E-state index in [4.69, 9.17) is 0 Å². The predicted octanol–water partition coefficient (Wildman–Crippen LogP) is 2.60. The average molecular weight is 252 g/mol. The molecule has 18 heavy (non-hydrogen) atoms. The highest BCUT2D eigenvalue weighted by Gasteiger charge is 2.24. The highest BCUT2D eigenvalue weighted by molar-refractivity contribution is 5.10. The second-order valence-corrected chi connectivity index (χ2v) is 6.07. The van der Waals surface area contributed by atoms with Crippen LogP contribution >= 0.6 is 0 Å². The number of rotatable bonds is 8. The van der Waals surface area contributed by atoms with E-state index in [2.05, 4.69) is 50.2 Å². The van der Waals surface area contributed by atoms with Gasteiger partial charge < -0.3 is 5.32 Å². The molecule has 0 radical (unpaired) electrons. The quantitative estimate of drug-likeness (QED) is 0.723. The molecular weight excluding hydrogens is 224 g/mol. The van der Waals surface area contributed by atoms with Crippen molar-refractivity contribution in [2.75, 3.05) is 13.1 Å². The van der Waals surface area contributed by atoms with E-state index in [-0.39, 0.29) is 5.41 Å². The second-order valence-electron chi connectivity index (χ2n) is 6.07. The molecule has 1 heterocycles. The van der Waals surface area contributed by atoms with Gasteiger partial charge in [-0.1, -0.05) is 39.8 Å². The summed E-state index contributed by atoms with van der Waals surface area (Å²) in [5, 5.41) is 11.7. The molecule has 0 saturated carbocycles. The van der Waals surface area contributed by atoms with Gasteiger partial charge in [-0.25, -0.2) is 4.68 Å². The third kappa shape index (κ3) is 4.41. The van der Waals surface area contributed by atoms with Crippen LogP contribution < -0.4 is 5.32 Å². The molecule has 0 unspecified atom stereocenters. The lowest BCUT2D eigenvalue weighted by Crippen LogP contribution is -2.29. The van der Waals surface area contributed by atoms with Crippen molar-refractivity contribution in [3.05, 3.63) is 11.9 Å². The first kappa shape index (κ1) is 15.2. The van der Waals surface area contributed by atoms with Gasteiger partial charge in [0, 0.05) is 12.0 Å². The van der Waals surface area contributed by atoms with Crippen LogP contribution in [-0.2, 0) is 12.0 Å². The Morgan fingerprint density at radius 3 is 2.72 bits per heavy atom. The molecule has 0 bridgehead atoms. The highest BCUT2D eigenvalue weighted by atomic mass is 15.4. The van der Waals surface area contributed by atoms with Gasteiger partial charge >= 0.3 is 0 Å². The Labute approximate surface area is 111 Å². The largest absolute Gasteiger partial charge is 0.316 e. The standard InChI is InChI=1S/C14H28N4/c1-6-9-18-13(11-16-17-18)14(4,5)7-8-15-10-12(2)3/h11-12,15H,6-10H2,1-5H3. The molecular formula is C14H28N4. The fourth-order valence-electron chi connectivity index (χ4n) is 2.08. The number of hydrogen-bond acceptors (Lipinski definition) is 3. The molecule has 1 aromatic rings. The van der Waals surface area contributed by atoms with Crippen LogP contribution in [0.3, 0.4) is 0 Å². The summed E-state index contributed by atoms with van der Waals surface area (Å²) in [6, 6.07) is 0. The molecule has 0 aliphatic carbocycles. The fraction of sp³-hybridized carbons (Fsp3) is 0.857. The van der Waals surface area contributed by atoms with Crippen LogP contribution in [0.15, 0.2) is 6.20 Å². The first-order chi connectivity index (χ1) is 8.47. The average Bonchev–Trinajstić information content (AvgIpc) is 2.74. The Balaban J connectivity index is 2.53. The van der Waals surface area contributed by atoms with Crippen molar-refractivity contribution in [2.45, 2.75) is 59.4 Å². The summed E-state index contributed by atoms with van der Waals surface area (Å²) >= 11 is 0. The molecule has 1 aromatic heterocycles. The van der Waals surface area contributed by atoms with E-state index < -0.39 is 0 Å². The monoisotopic (exact) mass is 252 g/mol. The summed E-state index contributed by atoms with van der Waals surface area (Å²) < 4.78 is 2.04. The van der Waals surface area contributed by atoms with Crippen LogP contribution in [0.5, 0.6) is 0 Å². The molecule has 1 N–H and O–H groups in total. The normalized spacial score (nSPS) is 12.3. The van der Waals surface area contributed by atoms with Gasteiger partial charge in [0.15, 0.2) is 0 Å². The topological polar surface area (TPSA) is 42.7 Å². The van der Waals surface area contributed by atoms with Gasteiger partial charge in [-0.2, -0.15) is 0 Å². The van der Waals surface area contributed by atoms with Crippen LogP contribution in [-0.4, -0.2) is 28.1 Å². The van der Waals surface area contributed by atoms with Crippen molar-refractivity contribution in [3.63, 3.8) is 0 Å². The Kier molecular flexibility index (Phi) is 5.79. The van der Waals surface area contributed by atoms with Crippen molar-refractivity contribution in [3.8, 4) is 0 Å². The Hall–Kier alpha value is -0.900. The van der Waals surface area contributed by atoms with E-state index in [1.165, 1.54) is 5.69 Å². The zero-order valence-electron chi connectivity index (χ0n) is 12.5. The van der Waals surface area contributed by atoms with Crippen LogP contribution in [0.4, 0.5) is 0 Å². The third-order valence-electron chi connectivity index (χ3n) is 3.23. The predicted molar refractivity (Wildman–Crippen MR) is 75.7 cm³/mol. The van der Waals surface area contributed by atoms with Crippen LogP contribution in [0.1, 0.15) is 53.2 Å². The maximum absolute atomic E-state index is 4.17. The van der Waals surface area contributed by atoms with Gasteiger partial charge in [0.2, 0.25) is 0 Å². The number of nitrogens with one attached hydrogen (secondary N) is 1. The molecule has 0 aliphatic rings. The molecule has 0 saturated heterocycles. The van der Waals surface area contributed by atoms with Gasteiger partial charge in [-0.3, -0.25) is 0 Å². The lowest BCUT2D eigenvalue weighted by molar-refractivity contribution is 0.402. The van der Waals surface area contributed by atoms with Crippen molar-refractivity contribution in [1.29, 1.82) is 0 Å². The summed E-state index contributed by atoms with van der Waals surface area (Å²) in [5.41, 5.74) is 1.37. The van der Waals surface area contributed by atoms with Gasteiger partial charge in [-0.05, 0) is 31.8 Å². The molecule has 1 rings (SSSR count). The maximum atomic E-state index is 4.17. The lowest BCUT2D eigenvalue weighted by Gasteiger charge is -2.25. The molecule has 0 atom stereocenters. The van der Waals surface area contributed by atoms with Crippen LogP contribution in [0.2, 0.25) is 0 Å². The summed E-state index contributed by atoms with van der Waals surface area (Å²) in [6.45, 7) is 14.3. The number of nitrogens with zero attached hydrogens (tertiary/aromatic N) is 3. The number of hydrogen-bond donors (Lipinski definition) is 1. The van der Waals surface area contributed by atoms with Crippen molar-refractivity contribution < 1.29 is 0 Å². The van der Waals surface area contributed by atoms with E-state index in [1.54, 1.807) is 0 Å². The number of aromatic nitrogens is 3. The van der Waals surface area contributed by atoms with Crippen LogP contribution in [0, 0.1) is 5.92 Å². The minimum Gasteiger partial charge on any atom is -0.316 e.